The fourth-order valence-electron chi connectivity index (χ4n) is 3.04. The monoisotopic (exact) mass is 346 g/mol. The summed E-state index contributed by atoms with van der Waals surface area (Å²) in [7, 11) is 1.31. The number of ether oxygens (including phenoxy) is 2. The lowest BCUT2D eigenvalue weighted by Crippen LogP contribution is -2.21. The topological polar surface area (TPSA) is 116 Å². The number of ketones is 1. The van der Waals surface area contributed by atoms with Crippen molar-refractivity contribution in [2.45, 2.75) is 26.4 Å². The van der Waals surface area contributed by atoms with Gasteiger partial charge in [-0.1, -0.05) is 0 Å². The van der Waals surface area contributed by atoms with E-state index >= 15 is 0 Å². The van der Waals surface area contributed by atoms with Crippen molar-refractivity contribution in [1.82, 2.24) is 0 Å². The summed E-state index contributed by atoms with van der Waals surface area (Å²) in [5.74, 6) is -1.36. The molecule has 1 aliphatic heterocycles. The van der Waals surface area contributed by atoms with Gasteiger partial charge >= 0.3 is 0 Å². The summed E-state index contributed by atoms with van der Waals surface area (Å²) in [6, 6.07) is 2.68. The van der Waals surface area contributed by atoms with Crippen molar-refractivity contribution >= 4 is 5.78 Å². The van der Waals surface area contributed by atoms with E-state index in [1.54, 1.807) is 6.92 Å². The molecule has 0 aliphatic carbocycles. The van der Waals surface area contributed by atoms with Crippen molar-refractivity contribution in [3.8, 4) is 34.5 Å². The van der Waals surface area contributed by atoms with Gasteiger partial charge in [0.15, 0.2) is 17.3 Å². The third kappa shape index (κ3) is 2.48. The van der Waals surface area contributed by atoms with Crippen LogP contribution in [0.1, 0.15) is 39.6 Å². The summed E-state index contributed by atoms with van der Waals surface area (Å²) >= 11 is 0. The summed E-state index contributed by atoms with van der Waals surface area (Å²) in [6.45, 7) is 3.09. The van der Waals surface area contributed by atoms with E-state index in [4.69, 9.17) is 9.47 Å². The molecule has 0 spiro atoms. The number of carbonyl (C=O) groups excluding carboxylic acids is 1. The summed E-state index contributed by atoms with van der Waals surface area (Å²) in [4.78, 5) is 12.5. The van der Waals surface area contributed by atoms with Crippen molar-refractivity contribution in [2.24, 2.45) is 0 Å². The molecule has 0 saturated carbocycles. The number of aromatic hydroxyl groups is 4. The van der Waals surface area contributed by atoms with Crippen LogP contribution in [0.3, 0.4) is 0 Å². The smallest absolute Gasteiger partial charge is 0.202 e. The number of Topliss-reactive ketones (excluding diaryl/α,β-unsaturated/α-hetero) is 1. The maximum absolute atomic E-state index is 12.5. The number of fused-ring (bicyclic) bond motifs is 1. The molecular weight excluding hydrogens is 328 g/mol. The van der Waals surface area contributed by atoms with E-state index in [1.165, 1.54) is 26.2 Å². The Morgan fingerprint density at radius 2 is 1.64 bits per heavy atom. The fourth-order valence-corrected chi connectivity index (χ4v) is 3.04. The van der Waals surface area contributed by atoms with Gasteiger partial charge in [-0.3, -0.25) is 4.79 Å². The van der Waals surface area contributed by atoms with E-state index in [9.17, 15) is 25.2 Å². The van der Waals surface area contributed by atoms with Crippen LogP contribution in [0.25, 0.3) is 0 Å². The van der Waals surface area contributed by atoms with Gasteiger partial charge in [-0.2, -0.15) is 0 Å². The molecule has 4 N–H and O–H groups in total. The number of hydrogen-bond acceptors (Lipinski definition) is 7. The molecule has 132 valence electrons. The van der Waals surface area contributed by atoms with E-state index in [0.29, 0.717) is 11.1 Å². The van der Waals surface area contributed by atoms with Crippen LogP contribution in [0.2, 0.25) is 0 Å². The number of phenolic OH excluding ortho intramolecular Hbond substituents is 4. The molecule has 7 nitrogen and oxygen atoms in total. The lowest BCUT2D eigenvalue weighted by Gasteiger charge is -2.28. The highest BCUT2D eigenvalue weighted by Crippen LogP contribution is 2.48. The first kappa shape index (κ1) is 16.8. The first-order valence-electron chi connectivity index (χ1n) is 7.61. The lowest BCUT2D eigenvalue weighted by molar-refractivity contribution is 0.0841. The Kier molecular flexibility index (Phi) is 3.87. The van der Waals surface area contributed by atoms with Crippen LogP contribution in [0.5, 0.6) is 34.5 Å². The van der Waals surface area contributed by atoms with Gasteiger partial charge in [-0.15, -0.1) is 0 Å². The molecule has 1 heterocycles. The van der Waals surface area contributed by atoms with Gasteiger partial charge in [0.25, 0.3) is 0 Å². The lowest BCUT2D eigenvalue weighted by atomic mass is 9.91. The zero-order chi connectivity index (χ0) is 18.5. The maximum atomic E-state index is 12.5. The van der Waals surface area contributed by atoms with Crippen LogP contribution in [0.4, 0.5) is 0 Å². The molecule has 3 rings (SSSR count). The molecule has 1 aliphatic rings. The van der Waals surface area contributed by atoms with E-state index < -0.39 is 6.10 Å². The highest BCUT2D eigenvalue weighted by molar-refractivity contribution is 6.03. The van der Waals surface area contributed by atoms with Gasteiger partial charge in [0.1, 0.15) is 28.9 Å². The van der Waals surface area contributed by atoms with Gasteiger partial charge in [-0.05, 0) is 26.0 Å². The minimum atomic E-state index is -0.789. The highest BCUT2D eigenvalue weighted by Gasteiger charge is 2.34. The Hall–Kier alpha value is -3.09. The Balaban J connectivity index is 2.10. The zero-order valence-corrected chi connectivity index (χ0v) is 14.0. The molecule has 0 saturated heterocycles. The average molecular weight is 346 g/mol. The second-order valence-corrected chi connectivity index (χ2v) is 5.98. The van der Waals surface area contributed by atoms with Crippen molar-refractivity contribution < 1.29 is 34.7 Å². The van der Waals surface area contributed by atoms with Crippen LogP contribution in [-0.2, 0) is 0 Å². The standard InChI is InChI=1S/C18H18O7/c1-7-15(22)8(2)17-14(16(7)23)10(19)6-13(25-17)9-4-11(20)18(24-3)12(21)5-9/h4-5,13,20-23H,6H2,1-3H3/t13-/m0/s1. The van der Waals surface area contributed by atoms with Gasteiger partial charge < -0.3 is 29.9 Å². The minimum Gasteiger partial charge on any atom is -0.507 e. The molecule has 0 amide bonds. The molecular formula is C18H18O7. The van der Waals surface area contributed by atoms with Crippen LogP contribution < -0.4 is 9.47 Å². The SMILES string of the molecule is COc1c(O)cc([C@@H]2CC(=O)c3c(O)c(C)c(O)c(C)c3O2)cc1O. The predicted octanol–water partition coefficient (Wildman–Crippen LogP) is 2.84. The van der Waals surface area contributed by atoms with Crippen LogP contribution in [-0.4, -0.2) is 33.3 Å². The average Bonchev–Trinajstić information content (AvgIpc) is 2.57. The highest BCUT2D eigenvalue weighted by atomic mass is 16.5. The molecule has 2 aromatic rings. The number of carbonyl (C=O) groups is 1. The van der Waals surface area contributed by atoms with Gasteiger partial charge in [0.2, 0.25) is 5.75 Å². The number of methoxy groups -OCH3 is 1. The Morgan fingerprint density at radius 1 is 1.04 bits per heavy atom. The normalized spacial score (nSPS) is 16.3. The molecule has 0 bridgehead atoms. The van der Waals surface area contributed by atoms with E-state index in [1.807, 2.05) is 0 Å². The third-order valence-corrected chi connectivity index (χ3v) is 4.43. The van der Waals surface area contributed by atoms with Crippen molar-refractivity contribution in [1.29, 1.82) is 0 Å². The van der Waals surface area contributed by atoms with E-state index in [-0.39, 0.29) is 57.8 Å². The van der Waals surface area contributed by atoms with Crippen molar-refractivity contribution in [2.75, 3.05) is 7.11 Å². The first-order valence-corrected chi connectivity index (χ1v) is 7.61. The summed E-state index contributed by atoms with van der Waals surface area (Å²) < 4.78 is 10.7. The quantitative estimate of drug-likeness (QED) is 0.660. The molecule has 0 fully saturated rings. The molecule has 25 heavy (non-hydrogen) atoms. The fraction of sp³-hybridized carbons (Fsp3) is 0.278. The zero-order valence-electron chi connectivity index (χ0n) is 14.0. The summed E-state index contributed by atoms with van der Waals surface area (Å²) in [6.07, 6.45) is -0.877. The summed E-state index contributed by atoms with van der Waals surface area (Å²) in [5, 5.41) is 40.1. The Morgan fingerprint density at radius 3 is 2.20 bits per heavy atom. The molecule has 0 radical (unpaired) electrons. The molecule has 0 unspecified atom stereocenters. The van der Waals surface area contributed by atoms with Crippen LogP contribution >= 0.6 is 0 Å². The Labute approximate surface area is 143 Å². The second-order valence-electron chi connectivity index (χ2n) is 5.98. The van der Waals surface area contributed by atoms with Crippen LogP contribution in [0, 0.1) is 13.8 Å². The number of hydrogen-bond donors (Lipinski definition) is 4. The van der Waals surface area contributed by atoms with E-state index in [0.717, 1.165) is 0 Å². The minimum absolute atomic E-state index is 0.0333. The molecule has 2 aromatic carbocycles. The van der Waals surface area contributed by atoms with Crippen molar-refractivity contribution in [3.63, 3.8) is 0 Å². The Bertz CT molecular complexity index is 863. The number of benzene rings is 2. The first-order chi connectivity index (χ1) is 11.8. The maximum Gasteiger partial charge on any atom is 0.202 e. The largest absolute Gasteiger partial charge is 0.507 e. The van der Waals surface area contributed by atoms with Gasteiger partial charge in [0, 0.05) is 16.7 Å². The number of phenols is 4. The van der Waals surface area contributed by atoms with Gasteiger partial charge in [-0.25, -0.2) is 0 Å². The number of rotatable bonds is 2. The molecule has 7 heteroatoms. The summed E-state index contributed by atoms with van der Waals surface area (Å²) in [5.41, 5.74) is 0.955. The molecule has 0 aromatic heterocycles. The third-order valence-electron chi connectivity index (χ3n) is 4.43. The van der Waals surface area contributed by atoms with Gasteiger partial charge in [0.05, 0.1) is 13.5 Å². The second kappa shape index (κ2) is 5.77. The predicted molar refractivity (Wildman–Crippen MR) is 87.9 cm³/mol. The van der Waals surface area contributed by atoms with E-state index in [2.05, 4.69) is 0 Å². The van der Waals surface area contributed by atoms with Crippen LogP contribution in [0.15, 0.2) is 12.1 Å². The molecule has 1 atom stereocenters. The van der Waals surface area contributed by atoms with Crippen molar-refractivity contribution in [3.05, 3.63) is 34.4 Å².